The summed E-state index contributed by atoms with van der Waals surface area (Å²) in [5.74, 6) is 0.730. The van der Waals surface area contributed by atoms with Crippen LogP contribution < -0.4 is 15.5 Å². The molecule has 31 heavy (non-hydrogen) atoms. The zero-order chi connectivity index (χ0) is 21.8. The van der Waals surface area contributed by atoms with Gasteiger partial charge in [0.1, 0.15) is 12.1 Å². The molecule has 0 atom stereocenters. The molecule has 1 aliphatic heterocycles. The molecule has 0 bridgehead atoms. The van der Waals surface area contributed by atoms with E-state index in [0.29, 0.717) is 36.9 Å². The number of carbonyl (C=O) groups excluding carboxylic acids is 2. The molecule has 8 nitrogen and oxygen atoms in total. The van der Waals surface area contributed by atoms with E-state index in [1.54, 1.807) is 35.5 Å². The molecule has 2 N–H and O–H groups in total. The van der Waals surface area contributed by atoms with Gasteiger partial charge in [0.05, 0.1) is 12.1 Å². The maximum Gasteiger partial charge on any atom is 0.319 e. The number of carbonyl (C=O) groups is 2. The Kier molecular flexibility index (Phi) is 6.53. The second-order valence-corrected chi connectivity index (χ2v) is 8.40. The van der Waals surface area contributed by atoms with Crippen molar-refractivity contribution >= 4 is 61.9 Å². The topological polar surface area (TPSA) is 90.5 Å². The van der Waals surface area contributed by atoms with Crippen LogP contribution in [0.2, 0.25) is 5.02 Å². The van der Waals surface area contributed by atoms with Crippen molar-refractivity contribution in [1.29, 1.82) is 0 Å². The van der Waals surface area contributed by atoms with Crippen LogP contribution in [0.5, 0.6) is 0 Å². The van der Waals surface area contributed by atoms with Crippen LogP contribution in [-0.4, -0.2) is 59.5 Å². The summed E-state index contributed by atoms with van der Waals surface area (Å²) in [5.41, 5.74) is 1.44. The average Bonchev–Trinajstić information content (AvgIpc) is 2.77. The quantitative estimate of drug-likeness (QED) is 0.569. The molecule has 10 heteroatoms. The third-order valence-electron chi connectivity index (χ3n) is 4.99. The lowest BCUT2D eigenvalue weighted by Crippen LogP contribution is -2.51. The number of urea groups is 1. The number of benzene rings is 2. The van der Waals surface area contributed by atoms with Crippen molar-refractivity contribution in [2.45, 2.75) is 0 Å². The summed E-state index contributed by atoms with van der Waals surface area (Å²) >= 11 is 9.41. The van der Waals surface area contributed by atoms with Crippen LogP contribution in [-0.2, 0) is 4.79 Å². The van der Waals surface area contributed by atoms with Gasteiger partial charge in [0, 0.05) is 46.7 Å². The van der Waals surface area contributed by atoms with Crippen molar-refractivity contribution in [3.05, 3.63) is 58.3 Å². The molecule has 1 saturated heterocycles. The van der Waals surface area contributed by atoms with Gasteiger partial charge < -0.3 is 20.4 Å². The third kappa shape index (κ3) is 5.23. The van der Waals surface area contributed by atoms with E-state index >= 15 is 0 Å². The molecule has 1 aliphatic rings. The van der Waals surface area contributed by atoms with E-state index < -0.39 is 6.03 Å². The Balaban J connectivity index is 1.30. The predicted octanol–water partition coefficient (Wildman–Crippen LogP) is 3.52. The Morgan fingerprint density at radius 2 is 1.87 bits per heavy atom. The monoisotopic (exact) mass is 502 g/mol. The maximum atomic E-state index is 12.5. The second-order valence-electron chi connectivity index (χ2n) is 7.04. The van der Waals surface area contributed by atoms with Crippen LogP contribution in [0.1, 0.15) is 0 Å². The van der Waals surface area contributed by atoms with Gasteiger partial charge in [0.15, 0.2) is 0 Å². The number of aromatic nitrogens is 2. The number of anilines is 2. The molecule has 4 rings (SSSR count). The Labute approximate surface area is 192 Å². The minimum absolute atomic E-state index is 0.0736. The van der Waals surface area contributed by atoms with E-state index in [-0.39, 0.29) is 12.5 Å². The number of hydrogen-bond acceptors (Lipinski definition) is 5. The fourth-order valence-electron chi connectivity index (χ4n) is 3.44. The molecule has 160 valence electrons. The summed E-state index contributed by atoms with van der Waals surface area (Å²) in [6.45, 7) is 2.33. The van der Waals surface area contributed by atoms with Gasteiger partial charge in [0.25, 0.3) is 0 Å². The molecule has 1 fully saturated rings. The van der Waals surface area contributed by atoms with Gasteiger partial charge in [-0.25, -0.2) is 14.8 Å². The van der Waals surface area contributed by atoms with E-state index in [1.807, 2.05) is 18.2 Å². The SMILES string of the molecule is O=C(NCC(=O)N1CCN(c2ncnc3ccc(Br)cc23)CC1)Nc1cccc(Cl)c1. The molecular formula is C21H20BrClN6O2. The van der Waals surface area contributed by atoms with Crippen molar-refractivity contribution in [1.82, 2.24) is 20.2 Å². The number of hydrogen-bond donors (Lipinski definition) is 2. The minimum Gasteiger partial charge on any atom is -0.352 e. The molecule has 3 aromatic rings. The highest BCUT2D eigenvalue weighted by Crippen LogP contribution is 2.26. The van der Waals surface area contributed by atoms with Gasteiger partial charge in [-0.05, 0) is 36.4 Å². The van der Waals surface area contributed by atoms with E-state index in [1.165, 1.54) is 0 Å². The summed E-state index contributed by atoms with van der Waals surface area (Å²) in [4.78, 5) is 37.2. The first-order valence-corrected chi connectivity index (χ1v) is 10.9. The van der Waals surface area contributed by atoms with Crippen LogP contribution in [0, 0.1) is 0 Å². The summed E-state index contributed by atoms with van der Waals surface area (Å²) in [7, 11) is 0. The predicted molar refractivity (Wildman–Crippen MR) is 125 cm³/mol. The number of piperazine rings is 1. The van der Waals surface area contributed by atoms with Crippen LogP contribution >= 0.6 is 27.5 Å². The van der Waals surface area contributed by atoms with Gasteiger partial charge in [0.2, 0.25) is 5.91 Å². The zero-order valence-electron chi connectivity index (χ0n) is 16.5. The van der Waals surface area contributed by atoms with Crippen molar-refractivity contribution < 1.29 is 9.59 Å². The molecule has 0 radical (unpaired) electrons. The molecule has 0 aliphatic carbocycles. The summed E-state index contributed by atoms with van der Waals surface area (Å²) in [6, 6.07) is 12.3. The second kappa shape index (κ2) is 9.49. The first-order valence-electron chi connectivity index (χ1n) is 9.73. The van der Waals surface area contributed by atoms with E-state index in [0.717, 1.165) is 21.2 Å². The van der Waals surface area contributed by atoms with Gasteiger partial charge >= 0.3 is 6.03 Å². The minimum atomic E-state index is -0.452. The molecule has 0 saturated carbocycles. The molecule has 2 heterocycles. The highest BCUT2D eigenvalue weighted by atomic mass is 79.9. The fourth-order valence-corrected chi connectivity index (χ4v) is 4.00. The third-order valence-corrected chi connectivity index (χ3v) is 5.72. The number of halogens is 2. The van der Waals surface area contributed by atoms with Crippen molar-refractivity contribution in [3.63, 3.8) is 0 Å². The number of fused-ring (bicyclic) bond motifs is 1. The highest BCUT2D eigenvalue weighted by molar-refractivity contribution is 9.10. The fraction of sp³-hybridized carbons (Fsp3) is 0.238. The zero-order valence-corrected chi connectivity index (χ0v) is 18.9. The normalized spacial score (nSPS) is 13.9. The molecular weight excluding hydrogens is 484 g/mol. The van der Waals surface area contributed by atoms with Gasteiger partial charge in [-0.1, -0.05) is 33.6 Å². The smallest absolute Gasteiger partial charge is 0.319 e. The van der Waals surface area contributed by atoms with Crippen LogP contribution in [0.25, 0.3) is 10.9 Å². The lowest BCUT2D eigenvalue weighted by Gasteiger charge is -2.35. The maximum absolute atomic E-state index is 12.5. The lowest BCUT2D eigenvalue weighted by molar-refractivity contribution is -0.130. The van der Waals surface area contributed by atoms with Crippen LogP contribution in [0.3, 0.4) is 0 Å². The standard InChI is InChI=1S/C21H20BrClN6O2/c22-14-4-5-18-17(10-14)20(26-13-25-18)29-8-6-28(7-9-29)19(30)12-24-21(31)27-16-3-1-2-15(23)11-16/h1-5,10-11,13H,6-9,12H2,(H2,24,27,31). The molecule has 1 aromatic heterocycles. The number of nitrogens with zero attached hydrogens (tertiary/aromatic N) is 4. The summed E-state index contributed by atoms with van der Waals surface area (Å²) in [6.07, 6.45) is 1.56. The molecule has 3 amide bonds. The van der Waals surface area contributed by atoms with E-state index in [2.05, 4.69) is 41.4 Å². The van der Waals surface area contributed by atoms with E-state index in [9.17, 15) is 9.59 Å². The van der Waals surface area contributed by atoms with E-state index in [4.69, 9.17) is 11.6 Å². The van der Waals surface area contributed by atoms with Gasteiger partial charge in [-0.3, -0.25) is 4.79 Å². The van der Waals surface area contributed by atoms with Crippen LogP contribution in [0.15, 0.2) is 53.3 Å². The van der Waals surface area contributed by atoms with Crippen molar-refractivity contribution in [2.75, 3.05) is 42.9 Å². The molecule has 2 aromatic carbocycles. The molecule has 0 spiro atoms. The number of nitrogens with one attached hydrogen (secondary N) is 2. The summed E-state index contributed by atoms with van der Waals surface area (Å²) in [5, 5.41) is 6.75. The largest absolute Gasteiger partial charge is 0.352 e. The first-order chi connectivity index (χ1) is 15.0. The highest BCUT2D eigenvalue weighted by Gasteiger charge is 2.23. The summed E-state index contributed by atoms with van der Waals surface area (Å²) < 4.78 is 0.965. The number of amides is 3. The first kappa shape index (κ1) is 21.3. The van der Waals surface area contributed by atoms with Crippen LogP contribution in [0.4, 0.5) is 16.3 Å². The van der Waals surface area contributed by atoms with Crippen molar-refractivity contribution in [2.24, 2.45) is 0 Å². The van der Waals surface area contributed by atoms with Gasteiger partial charge in [-0.2, -0.15) is 0 Å². The van der Waals surface area contributed by atoms with Gasteiger partial charge in [-0.15, -0.1) is 0 Å². The molecule has 0 unspecified atom stereocenters. The Bertz CT molecular complexity index is 1120. The Morgan fingerprint density at radius 1 is 1.06 bits per heavy atom. The van der Waals surface area contributed by atoms with Crippen molar-refractivity contribution in [3.8, 4) is 0 Å². The lowest BCUT2D eigenvalue weighted by atomic mass is 10.2. The Morgan fingerprint density at radius 3 is 2.65 bits per heavy atom. The Hall–Kier alpha value is -2.91. The average molecular weight is 504 g/mol. The number of rotatable bonds is 4.